The first-order chi connectivity index (χ1) is 10.1. The summed E-state index contributed by atoms with van der Waals surface area (Å²) in [5, 5.41) is 5.65. The monoisotopic (exact) mass is 297 g/mol. The van der Waals surface area contributed by atoms with Crippen molar-refractivity contribution in [3.63, 3.8) is 0 Å². The Morgan fingerprint density at radius 3 is 2.48 bits per heavy atom. The summed E-state index contributed by atoms with van der Waals surface area (Å²) >= 11 is 1.40. The molecule has 0 bridgehead atoms. The number of rotatable bonds is 3. The lowest BCUT2D eigenvalue weighted by atomic mass is 10.1. The van der Waals surface area contributed by atoms with E-state index in [1.807, 2.05) is 11.4 Å². The van der Waals surface area contributed by atoms with Crippen LogP contribution in [0, 0.1) is 13.8 Å². The molecule has 1 aromatic carbocycles. The van der Waals surface area contributed by atoms with Gasteiger partial charge in [-0.25, -0.2) is 15.0 Å². The summed E-state index contributed by atoms with van der Waals surface area (Å²) in [4.78, 5) is 13.0. The zero-order chi connectivity index (χ0) is 14.8. The average molecular weight is 297 g/mol. The Hall–Kier alpha value is -2.47. The van der Waals surface area contributed by atoms with Gasteiger partial charge in [-0.2, -0.15) is 0 Å². The van der Waals surface area contributed by atoms with Crippen molar-refractivity contribution in [3.8, 4) is 11.4 Å². The van der Waals surface area contributed by atoms with Gasteiger partial charge in [-0.15, -0.1) is 11.3 Å². The maximum absolute atomic E-state index is 5.66. The van der Waals surface area contributed by atoms with E-state index in [0.29, 0.717) is 11.1 Å². The number of aryl methyl sites for hydroxylation is 2. The molecule has 0 aliphatic rings. The van der Waals surface area contributed by atoms with Crippen LogP contribution >= 0.6 is 11.3 Å². The number of hydrogen-bond acceptors (Lipinski definition) is 6. The molecule has 0 fully saturated rings. The third-order valence-electron chi connectivity index (χ3n) is 2.92. The van der Waals surface area contributed by atoms with E-state index in [9.17, 15) is 0 Å². The minimum Gasteiger partial charge on any atom is -0.375 e. The van der Waals surface area contributed by atoms with Gasteiger partial charge >= 0.3 is 0 Å². The largest absolute Gasteiger partial charge is 0.375 e. The van der Waals surface area contributed by atoms with E-state index in [-0.39, 0.29) is 0 Å². The molecule has 5 nitrogen and oxygen atoms in total. The summed E-state index contributed by atoms with van der Waals surface area (Å²) in [6.07, 6.45) is 1.71. The molecular formula is C15H15N5S. The Balaban J connectivity index is 1.89. The second-order valence-electron chi connectivity index (χ2n) is 4.84. The molecule has 0 spiro atoms. The maximum Gasteiger partial charge on any atom is 0.227 e. The first kappa shape index (κ1) is 13.5. The maximum atomic E-state index is 5.66. The predicted molar refractivity (Wildman–Crippen MR) is 86.8 cm³/mol. The molecule has 0 saturated heterocycles. The molecule has 3 rings (SSSR count). The lowest BCUT2D eigenvalue weighted by molar-refractivity contribution is 1.16. The molecule has 0 atom stereocenters. The third kappa shape index (κ3) is 3.17. The van der Waals surface area contributed by atoms with Gasteiger partial charge in [0.25, 0.3) is 0 Å². The van der Waals surface area contributed by atoms with Crippen LogP contribution in [0.2, 0.25) is 0 Å². The molecule has 3 N–H and O–H groups in total. The second-order valence-corrected chi connectivity index (χ2v) is 5.73. The summed E-state index contributed by atoms with van der Waals surface area (Å²) in [6.45, 7) is 4.13. The Morgan fingerprint density at radius 2 is 1.81 bits per heavy atom. The van der Waals surface area contributed by atoms with Crippen molar-refractivity contribution in [2.45, 2.75) is 13.8 Å². The van der Waals surface area contributed by atoms with E-state index in [0.717, 1.165) is 17.1 Å². The molecule has 0 aliphatic heterocycles. The molecule has 106 valence electrons. The van der Waals surface area contributed by atoms with Gasteiger partial charge < -0.3 is 11.1 Å². The zero-order valence-electron chi connectivity index (χ0n) is 11.8. The summed E-state index contributed by atoms with van der Waals surface area (Å²) in [7, 11) is 0. The minimum atomic E-state index is 0.535. The fourth-order valence-electron chi connectivity index (χ4n) is 2.14. The lowest BCUT2D eigenvalue weighted by Gasteiger charge is -2.07. The minimum absolute atomic E-state index is 0.535. The van der Waals surface area contributed by atoms with Gasteiger partial charge in [0, 0.05) is 17.3 Å². The van der Waals surface area contributed by atoms with Gasteiger partial charge in [0.05, 0.1) is 5.69 Å². The van der Waals surface area contributed by atoms with Gasteiger partial charge in [0.1, 0.15) is 5.69 Å². The van der Waals surface area contributed by atoms with E-state index in [2.05, 4.69) is 52.3 Å². The van der Waals surface area contributed by atoms with E-state index in [4.69, 9.17) is 5.73 Å². The average Bonchev–Trinajstić information content (AvgIpc) is 2.84. The number of thiazole rings is 1. The molecule has 0 radical (unpaired) electrons. The summed E-state index contributed by atoms with van der Waals surface area (Å²) < 4.78 is 0. The van der Waals surface area contributed by atoms with Crippen LogP contribution in [0.4, 0.5) is 16.8 Å². The van der Waals surface area contributed by atoms with E-state index >= 15 is 0 Å². The number of anilines is 3. The van der Waals surface area contributed by atoms with Crippen molar-refractivity contribution >= 4 is 28.1 Å². The van der Waals surface area contributed by atoms with Crippen molar-refractivity contribution in [2.75, 3.05) is 11.1 Å². The van der Waals surface area contributed by atoms with Crippen LogP contribution in [0.1, 0.15) is 11.1 Å². The topological polar surface area (TPSA) is 76.7 Å². The Bertz CT molecular complexity index is 761. The van der Waals surface area contributed by atoms with Crippen molar-refractivity contribution in [2.24, 2.45) is 0 Å². The summed E-state index contributed by atoms with van der Waals surface area (Å²) in [6, 6.07) is 8.06. The fraction of sp³-hybridized carbons (Fsp3) is 0.133. The molecule has 0 saturated carbocycles. The Morgan fingerprint density at radius 1 is 1.05 bits per heavy atom. The number of nitrogens with zero attached hydrogens (tertiary/aromatic N) is 3. The SMILES string of the molecule is Cc1cc(C)cc(Nc2nccc(-c3csc(N)n3)n2)c1. The number of nitrogen functional groups attached to an aromatic ring is 1. The highest BCUT2D eigenvalue weighted by atomic mass is 32.1. The van der Waals surface area contributed by atoms with Crippen LogP contribution in [-0.4, -0.2) is 15.0 Å². The van der Waals surface area contributed by atoms with Gasteiger partial charge in [0.15, 0.2) is 5.13 Å². The molecule has 6 heteroatoms. The van der Waals surface area contributed by atoms with E-state index in [1.165, 1.54) is 22.5 Å². The molecule has 3 aromatic rings. The highest BCUT2D eigenvalue weighted by Crippen LogP contribution is 2.23. The lowest BCUT2D eigenvalue weighted by Crippen LogP contribution is -1.98. The highest BCUT2D eigenvalue weighted by Gasteiger charge is 2.06. The normalized spacial score (nSPS) is 10.6. The van der Waals surface area contributed by atoms with Gasteiger partial charge in [0.2, 0.25) is 5.95 Å². The number of nitrogens with one attached hydrogen (secondary N) is 1. The Labute approximate surface area is 126 Å². The summed E-state index contributed by atoms with van der Waals surface area (Å²) in [5.41, 5.74) is 10.5. The molecule has 0 amide bonds. The number of hydrogen-bond donors (Lipinski definition) is 2. The smallest absolute Gasteiger partial charge is 0.227 e. The van der Waals surface area contributed by atoms with Crippen LogP contribution in [0.15, 0.2) is 35.8 Å². The van der Waals surface area contributed by atoms with E-state index in [1.54, 1.807) is 6.20 Å². The molecular weight excluding hydrogens is 282 g/mol. The van der Waals surface area contributed by atoms with Crippen molar-refractivity contribution < 1.29 is 0 Å². The first-order valence-corrected chi connectivity index (χ1v) is 7.38. The predicted octanol–water partition coefficient (Wildman–Crippen LogP) is 3.54. The molecule has 21 heavy (non-hydrogen) atoms. The van der Waals surface area contributed by atoms with Crippen molar-refractivity contribution in [1.29, 1.82) is 0 Å². The molecule has 0 unspecified atom stereocenters. The van der Waals surface area contributed by atoms with Crippen molar-refractivity contribution in [3.05, 3.63) is 47.0 Å². The number of aromatic nitrogens is 3. The standard InChI is InChI=1S/C15H15N5S/c1-9-5-10(2)7-11(6-9)18-15-17-4-3-12(20-15)13-8-21-14(16)19-13/h3-8H,1-2H3,(H2,16,19)(H,17,18,20). The van der Waals surface area contributed by atoms with Crippen molar-refractivity contribution in [1.82, 2.24) is 15.0 Å². The Kier molecular flexibility index (Phi) is 3.53. The fourth-order valence-corrected chi connectivity index (χ4v) is 2.70. The number of benzene rings is 1. The zero-order valence-corrected chi connectivity index (χ0v) is 12.6. The first-order valence-electron chi connectivity index (χ1n) is 6.50. The quantitative estimate of drug-likeness (QED) is 0.773. The highest BCUT2D eigenvalue weighted by molar-refractivity contribution is 7.13. The van der Waals surface area contributed by atoms with E-state index < -0.39 is 0 Å². The van der Waals surface area contributed by atoms with Crippen LogP contribution in [0.3, 0.4) is 0 Å². The number of nitrogens with two attached hydrogens (primary N) is 1. The second kappa shape index (κ2) is 5.49. The van der Waals surface area contributed by atoms with Crippen LogP contribution in [0.25, 0.3) is 11.4 Å². The molecule has 2 heterocycles. The molecule has 0 aliphatic carbocycles. The van der Waals surface area contributed by atoms with Crippen LogP contribution in [0.5, 0.6) is 0 Å². The van der Waals surface area contributed by atoms with Crippen LogP contribution < -0.4 is 11.1 Å². The summed E-state index contributed by atoms with van der Waals surface area (Å²) in [5.74, 6) is 0.545. The molecule has 2 aromatic heterocycles. The van der Waals surface area contributed by atoms with Gasteiger partial charge in [-0.05, 0) is 43.2 Å². The van der Waals surface area contributed by atoms with Gasteiger partial charge in [-0.1, -0.05) is 6.07 Å². The third-order valence-corrected chi connectivity index (χ3v) is 3.59. The van der Waals surface area contributed by atoms with Crippen LogP contribution in [-0.2, 0) is 0 Å². The van der Waals surface area contributed by atoms with Gasteiger partial charge in [-0.3, -0.25) is 0 Å².